The second kappa shape index (κ2) is 5.27. The molecule has 0 saturated heterocycles. The first kappa shape index (κ1) is 15.0. The van der Waals surface area contributed by atoms with Crippen LogP contribution in [-0.2, 0) is 9.84 Å². The van der Waals surface area contributed by atoms with Crippen LogP contribution in [0.2, 0.25) is 0 Å². The zero-order chi connectivity index (χ0) is 14.0. The maximum atomic E-state index is 12.8. The Morgan fingerprint density at radius 1 is 1.28 bits per heavy atom. The summed E-state index contributed by atoms with van der Waals surface area (Å²) >= 11 is 0. The van der Waals surface area contributed by atoms with Gasteiger partial charge in [-0.05, 0) is 31.5 Å². The Balaban J connectivity index is 3.31. The lowest BCUT2D eigenvalue weighted by atomic mass is 10.2. The summed E-state index contributed by atoms with van der Waals surface area (Å²) in [6.07, 6.45) is -5.46. The molecule has 1 atom stereocenters. The molecule has 0 amide bonds. The summed E-state index contributed by atoms with van der Waals surface area (Å²) < 4.78 is 62.4. The van der Waals surface area contributed by atoms with Crippen molar-refractivity contribution in [1.29, 1.82) is 0 Å². The molecule has 1 rings (SSSR count). The molecule has 0 aliphatic rings. The van der Waals surface area contributed by atoms with Crippen molar-refractivity contribution in [2.24, 2.45) is 5.73 Å². The number of sulfone groups is 1. The minimum atomic E-state index is -4.82. The van der Waals surface area contributed by atoms with E-state index in [9.17, 15) is 21.6 Å². The van der Waals surface area contributed by atoms with Gasteiger partial charge in [0.25, 0.3) is 0 Å². The molecule has 1 aromatic rings. The summed E-state index contributed by atoms with van der Waals surface area (Å²) in [5.41, 5.74) is 5.37. The van der Waals surface area contributed by atoms with Crippen molar-refractivity contribution in [3.8, 4) is 0 Å². The largest absolute Gasteiger partial charge is 0.405 e. The number of hydrogen-bond acceptors (Lipinski definition) is 3. The Labute approximate surface area is 104 Å². The van der Waals surface area contributed by atoms with Gasteiger partial charge in [-0.3, -0.25) is 0 Å². The molecule has 0 aromatic heterocycles. The zero-order valence-corrected chi connectivity index (χ0v) is 10.6. The highest BCUT2D eigenvalue weighted by Gasteiger charge is 2.48. The third kappa shape index (κ3) is 3.02. The van der Waals surface area contributed by atoms with Crippen LogP contribution < -0.4 is 5.73 Å². The van der Waals surface area contributed by atoms with Crippen molar-refractivity contribution in [2.45, 2.75) is 29.7 Å². The smallest absolute Gasteiger partial charge is 0.330 e. The third-order valence-electron chi connectivity index (χ3n) is 2.57. The first-order valence-electron chi connectivity index (χ1n) is 5.27. The lowest BCUT2D eigenvalue weighted by Gasteiger charge is -2.20. The predicted octanol–water partition coefficient (Wildman–Crippen LogP) is 2.05. The minimum absolute atomic E-state index is 0.291. The average Bonchev–Trinajstić information content (AvgIpc) is 2.24. The number of hydrogen-bond donors (Lipinski definition) is 1. The first-order chi connectivity index (χ1) is 8.21. The van der Waals surface area contributed by atoms with Crippen LogP contribution in [0.3, 0.4) is 0 Å². The summed E-state index contributed by atoms with van der Waals surface area (Å²) in [5.74, 6) is 0. The molecular formula is C11H14F3NO2S. The fraction of sp³-hybridized carbons (Fsp3) is 0.455. The van der Waals surface area contributed by atoms with Gasteiger partial charge in [-0.2, -0.15) is 13.2 Å². The molecule has 0 heterocycles. The molecule has 7 heteroatoms. The standard InChI is InChI=1S/C11H14F3NO2S/c1-8-4-2-3-5-9(8)18(16,17)10(6-7-15)11(12,13)14/h2-5,10H,6-7,15H2,1H3. The zero-order valence-electron chi connectivity index (χ0n) is 9.74. The molecule has 0 spiro atoms. The van der Waals surface area contributed by atoms with Crippen LogP contribution in [0.1, 0.15) is 12.0 Å². The van der Waals surface area contributed by atoms with Crippen molar-refractivity contribution in [2.75, 3.05) is 6.54 Å². The predicted molar refractivity (Wildman–Crippen MR) is 61.9 cm³/mol. The molecule has 0 fully saturated rings. The van der Waals surface area contributed by atoms with E-state index in [1.807, 2.05) is 0 Å². The lowest BCUT2D eigenvalue weighted by Crippen LogP contribution is -2.38. The van der Waals surface area contributed by atoms with Crippen molar-refractivity contribution in [3.63, 3.8) is 0 Å². The van der Waals surface area contributed by atoms with E-state index in [0.717, 1.165) is 0 Å². The summed E-state index contributed by atoms with van der Waals surface area (Å²) in [6, 6.07) is 5.61. The fourth-order valence-electron chi connectivity index (χ4n) is 1.68. The van der Waals surface area contributed by atoms with E-state index < -0.39 is 27.7 Å². The van der Waals surface area contributed by atoms with Crippen molar-refractivity contribution in [3.05, 3.63) is 29.8 Å². The van der Waals surface area contributed by atoms with Gasteiger partial charge in [0.1, 0.15) is 0 Å². The third-order valence-corrected chi connectivity index (χ3v) is 4.89. The quantitative estimate of drug-likeness (QED) is 0.918. The molecule has 2 N–H and O–H groups in total. The highest BCUT2D eigenvalue weighted by atomic mass is 32.2. The van der Waals surface area contributed by atoms with Gasteiger partial charge in [-0.25, -0.2) is 8.42 Å². The van der Waals surface area contributed by atoms with Crippen LogP contribution in [0.4, 0.5) is 13.2 Å². The second-order valence-electron chi connectivity index (χ2n) is 3.92. The van der Waals surface area contributed by atoms with Gasteiger partial charge in [0.15, 0.2) is 15.1 Å². The second-order valence-corrected chi connectivity index (χ2v) is 6.02. The lowest BCUT2D eigenvalue weighted by molar-refractivity contribution is -0.131. The van der Waals surface area contributed by atoms with E-state index in [1.54, 1.807) is 6.07 Å². The summed E-state index contributed by atoms with van der Waals surface area (Å²) in [4.78, 5) is -0.291. The van der Waals surface area contributed by atoms with Gasteiger partial charge in [-0.1, -0.05) is 18.2 Å². The molecule has 0 radical (unpaired) electrons. The molecule has 1 unspecified atom stereocenters. The van der Waals surface area contributed by atoms with Gasteiger partial charge in [-0.15, -0.1) is 0 Å². The SMILES string of the molecule is Cc1ccccc1S(=O)(=O)C(CCN)C(F)(F)F. The average molecular weight is 281 g/mol. The normalized spacial score (nSPS) is 14.5. The summed E-state index contributed by atoms with van der Waals surface area (Å²) in [7, 11) is -4.46. The van der Waals surface area contributed by atoms with Gasteiger partial charge < -0.3 is 5.73 Å². The maximum absolute atomic E-state index is 12.8. The van der Waals surface area contributed by atoms with Crippen LogP contribution in [0.25, 0.3) is 0 Å². The Morgan fingerprint density at radius 2 is 1.83 bits per heavy atom. The van der Waals surface area contributed by atoms with E-state index in [2.05, 4.69) is 0 Å². The van der Waals surface area contributed by atoms with Crippen molar-refractivity contribution >= 4 is 9.84 Å². The molecule has 0 bridgehead atoms. The number of nitrogens with two attached hydrogens (primary N) is 1. The summed E-state index contributed by atoms with van der Waals surface area (Å²) in [6.45, 7) is 1.12. The number of halogens is 3. The van der Waals surface area contributed by atoms with Crippen molar-refractivity contribution in [1.82, 2.24) is 0 Å². The number of benzene rings is 1. The van der Waals surface area contributed by atoms with Gasteiger partial charge in [0.05, 0.1) is 4.90 Å². The van der Waals surface area contributed by atoms with Crippen LogP contribution >= 0.6 is 0 Å². The Hall–Kier alpha value is -1.08. The van der Waals surface area contributed by atoms with Crippen LogP contribution in [-0.4, -0.2) is 26.4 Å². The number of aryl methyl sites for hydroxylation is 1. The molecule has 0 aliphatic carbocycles. The number of rotatable bonds is 4. The molecule has 0 saturated carbocycles. The molecule has 3 nitrogen and oxygen atoms in total. The van der Waals surface area contributed by atoms with Crippen LogP contribution in [0, 0.1) is 6.92 Å². The van der Waals surface area contributed by atoms with E-state index in [4.69, 9.17) is 5.73 Å². The Bertz CT molecular complexity index is 511. The topological polar surface area (TPSA) is 60.2 Å². The van der Waals surface area contributed by atoms with E-state index in [0.29, 0.717) is 5.56 Å². The van der Waals surface area contributed by atoms with E-state index in [1.165, 1.54) is 25.1 Å². The monoisotopic (exact) mass is 281 g/mol. The van der Waals surface area contributed by atoms with Crippen LogP contribution in [0.5, 0.6) is 0 Å². The molecule has 1 aromatic carbocycles. The molecule has 102 valence electrons. The van der Waals surface area contributed by atoms with Gasteiger partial charge in [0, 0.05) is 0 Å². The maximum Gasteiger partial charge on any atom is 0.405 e. The van der Waals surface area contributed by atoms with Gasteiger partial charge >= 0.3 is 6.18 Å². The van der Waals surface area contributed by atoms with Crippen LogP contribution in [0.15, 0.2) is 29.2 Å². The first-order valence-corrected chi connectivity index (χ1v) is 6.82. The van der Waals surface area contributed by atoms with Gasteiger partial charge in [0.2, 0.25) is 0 Å². The Morgan fingerprint density at radius 3 is 2.28 bits per heavy atom. The number of alkyl halides is 3. The summed E-state index contributed by atoms with van der Waals surface area (Å²) in [5, 5.41) is -2.45. The fourth-order valence-corrected chi connectivity index (χ4v) is 3.56. The molecule has 18 heavy (non-hydrogen) atoms. The van der Waals surface area contributed by atoms with Crippen molar-refractivity contribution < 1.29 is 21.6 Å². The van der Waals surface area contributed by atoms with E-state index >= 15 is 0 Å². The highest BCUT2D eigenvalue weighted by molar-refractivity contribution is 7.92. The molecule has 0 aliphatic heterocycles. The highest BCUT2D eigenvalue weighted by Crippen LogP contribution is 2.33. The Kier molecular flexibility index (Phi) is 4.39. The molecular weight excluding hydrogens is 267 g/mol. The van der Waals surface area contributed by atoms with E-state index in [-0.39, 0.29) is 11.4 Å². The minimum Gasteiger partial charge on any atom is -0.330 e.